The largest absolute Gasteiger partial charge is 0.472 e. The van der Waals surface area contributed by atoms with Crippen molar-refractivity contribution >= 4 is 19.8 Å². The van der Waals surface area contributed by atoms with Crippen molar-refractivity contribution in [3.63, 3.8) is 0 Å². The number of hydrogen-bond donors (Lipinski definition) is 1. The quantitative estimate of drug-likeness (QED) is 0.0169. The summed E-state index contributed by atoms with van der Waals surface area (Å²) in [6, 6.07) is 0. The molecule has 62 heavy (non-hydrogen) atoms. The molecule has 1 saturated heterocycles. The van der Waals surface area contributed by atoms with Crippen LogP contribution >= 0.6 is 7.82 Å². The van der Waals surface area contributed by atoms with Gasteiger partial charge in [0.25, 0.3) is 0 Å². The maximum absolute atomic E-state index is 12.8. The van der Waals surface area contributed by atoms with Crippen LogP contribution in [-0.4, -0.2) is 87.1 Å². The Morgan fingerprint density at radius 1 is 0.677 bits per heavy atom. The van der Waals surface area contributed by atoms with E-state index in [-0.39, 0.29) is 32.0 Å². The summed E-state index contributed by atoms with van der Waals surface area (Å²) in [6.45, 7) is 8.73. The zero-order chi connectivity index (χ0) is 45.5. The Hall–Kier alpha value is -2.01. The fourth-order valence-electron chi connectivity index (χ4n) is 7.61. The van der Waals surface area contributed by atoms with Gasteiger partial charge in [0.15, 0.2) is 6.10 Å². The number of hydrogen-bond acceptors (Lipinski definition) is 9. The van der Waals surface area contributed by atoms with Crippen LogP contribution in [0.3, 0.4) is 0 Å². The van der Waals surface area contributed by atoms with Gasteiger partial charge in [-0.2, -0.15) is 0 Å². The Bertz CT molecular complexity index is 1400. The summed E-state index contributed by atoms with van der Waals surface area (Å²) < 4.78 is 46.5. The predicted molar refractivity (Wildman–Crippen MR) is 250 cm³/mol. The van der Waals surface area contributed by atoms with E-state index in [0.29, 0.717) is 36.1 Å². The average molecular weight is 897 g/mol. The van der Waals surface area contributed by atoms with E-state index in [4.69, 9.17) is 27.7 Å². The topological polar surface area (TPSA) is 134 Å². The van der Waals surface area contributed by atoms with Gasteiger partial charge in [0.1, 0.15) is 31.3 Å². The lowest BCUT2D eigenvalue weighted by Crippen LogP contribution is -2.37. The number of epoxide rings is 1. The average Bonchev–Trinajstić information content (AvgIpc) is 3.92. The summed E-state index contributed by atoms with van der Waals surface area (Å²) in [5.74, 6) is 1.55. The number of esters is 2. The van der Waals surface area contributed by atoms with Crippen molar-refractivity contribution < 1.29 is 51.2 Å². The molecule has 4 atom stereocenters. The lowest BCUT2D eigenvalue weighted by atomic mass is 10.0. The molecule has 11 nitrogen and oxygen atoms in total. The second-order valence-electron chi connectivity index (χ2n) is 18.8. The first-order valence-electron chi connectivity index (χ1n) is 24.9. The van der Waals surface area contributed by atoms with E-state index in [1.165, 1.54) is 106 Å². The third kappa shape index (κ3) is 28.7. The number of ether oxygens (including phenoxy) is 3. The predicted octanol–water partition coefficient (Wildman–Crippen LogP) is 12.8. The third-order valence-corrected chi connectivity index (χ3v) is 12.9. The van der Waals surface area contributed by atoms with Crippen molar-refractivity contribution in [2.24, 2.45) is 0 Å². The molecule has 0 saturated carbocycles. The van der Waals surface area contributed by atoms with Crippen LogP contribution in [0.5, 0.6) is 0 Å². The van der Waals surface area contributed by atoms with Gasteiger partial charge in [0.05, 0.1) is 40.0 Å². The second-order valence-corrected chi connectivity index (χ2v) is 20.3. The van der Waals surface area contributed by atoms with Crippen molar-refractivity contribution in [3.8, 4) is 0 Å². The molecule has 2 heterocycles. The molecule has 0 bridgehead atoms. The maximum atomic E-state index is 12.8. The number of rotatable bonds is 41. The number of nitrogens with zero attached hydrogens (tertiary/aromatic N) is 1. The lowest BCUT2D eigenvalue weighted by molar-refractivity contribution is -0.870. The van der Waals surface area contributed by atoms with Gasteiger partial charge in [-0.25, -0.2) is 4.57 Å². The third-order valence-electron chi connectivity index (χ3n) is 11.9. The zero-order valence-electron chi connectivity index (χ0n) is 40.5. The highest BCUT2D eigenvalue weighted by molar-refractivity contribution is 7.47. The fourth-order valence-corrected chi connectivity index (χ4v) is 8.35. The van der Waals surface area contributed by atoms with E-state index in [9.17, 15) is 19.0 Å². The van der Waals surface area contributed by atoms with Gasteiger partial charge in [-0.1, -0.05) is 129 Å². The molecule has 2 rings (SSSR count). The minimum absolute atomic E-state index is 0.0227. The van der Waals surface area contributed by atoms with Crippen LogP contribution in [0.2, 0.25) is 0 Å². The number of likely N-dealkylation sites (N-methyl/N-ethyl adjacent to an activating group) is 1. The number of carbonyl (C=O) groups excluding carboxylic acids is 2. The fraction of sp³-hybridized carbons (Fsp3) is 0.840. The van der Waals surface area contributed by atoms with Crippen LogP contribution in [0.1, 0.15) is 203 Å². The molecular weight excluding hydrogens is 806 g/mol. The van der Waals surface area contributed by atoms with Crippen molar-refractivity contribution in [1.82, 2.24) is 0 Å². The minimum Gasteiger partial charge on any atom is -0.466 e. The van der Waals surface area contributed by atoms with Crippen molar-refractivity contribution in [1.29, 1.82) is 0 Å². The van der Waals surface area contributed by atoms with Gasteiger partial charge in [0, 0.05) is 25.7 Å². The zero-order valence-corrected chi connectivity index (χ0v) is 41.4. The van der Waals surface area contributed by atoms with Crippen LogP contribution in [0.25, 0.3) is 0 Å². The van der Waals surface area contributed by atoms with Crippen LogP contribution in [-0.2, 0) is 50.3 Å². The molecule has 1 aliphatic heterocycles. The van der Waals surface area contributed by atoms with E-state index in [2.05, 4.69) is 39.8 Å². The van der Waals surface area contributed by atoms with Crippen LogP contribution < -0.4 is 0 Å². The summed E-state index contributed by atoms with van der Waals surface area (Å²) in [6.07, 6.45) is 33.8. The SMILES string of the molecule is CCCCCc1oc(CCCCCCCCCCCCC(=O)O[C@H](COC(=O)CCCCCCC/C=C\CC2OC2CCCCC)COP(=O)(O)OCC[N+](C)(C)C)c(C)c1C. The molecule has 3 unspecified atom stereocenters. The minimum atomic E-state index is -4.39. The number of furan rings is 1. The van der Waals surface area contributed by atoms with Gasteiger partial charge in [0.2, 0.25) is 0 Å². The molecular formula is C50H91NO10P+. The first-order valence-corrected chi connectivity index (χ1v) is 26.4. The summed E-state index contributed by atoms with van der Waals surface area (Å²) in [5, 5.41) is 0. The number of allylic oxidation sites excluding steroid dienone is 1. The molecule has 360 valence electrons. The van der Waals surface area contributed by atoms with Crippen molar-refractivity contribution in [2.45, 2.75) is 226 Å². The van der Waals surface area contributed by atoms with Gasteiger partial charge < -0.3 is 28.0 Å². The number of quaternary nitrogens is 1. The number of phosphoric ester groups is 1. The number of carbonyl (C=O) groups is 2. The van der Waals surface area contributed by atoms with Crippen LogP contribution in [0.4, 0.5) is 0 Å². The maximum Gasteiger partial charge on any atom is 0.472 e. The molecule has 1 N–H and O–H groups in total. The van der Waals surface area contributed by atoms with E-state index < -0.39 is 26.5 Å². The highest BCUT2D eigenvalue weighted by Crippen LogP contribution is 2.43. The molecule has 1 aliphatic rings. The summed E-state index contributed by atoms with van der Waals surface area (Å²) in [4.78, 5) is 35.6. The highest BCUT2D eigenvalue weighted by atomic mass is 31.2. The van der Waals surface area contributed by atoms with Crippen LogP contribution in [0.15, 0.2) is 16.6 Å². The Morgan fingerprint density at radius 3 is 1.81 bits per heavy atom. The van der Waals surface area contributed by atoms with E-state index in [0.717, 1.165) is 70.6 Å². The van der Waals surface area contributed by atoms with Crippen LogP contribution in [0, 0.1) is 13.8 Å². The molecule has 1 fully saturated rings. The summed E-state index contributed by atoms with van der Waals surface area (Å²) in [7, 11) is 1.45. The summed E-state index contributed by atoms with van der Waals surface area (Å²) >= 11 is 0. The molecule has 0 radical (unpaired) electrons. The van der Waals surface area contributed by atoms with Gasteiger partial charge >= 0.3 is 19.8 Å². The van der Waals surface area contributed by atoms with Gasteiger partial charge in [-0.3, -0.25) is 18.6 Å². The Labute approximate surface area is 378 Å². The molecule has 12 heteroatoms. The van der Waals surface area contributed by atoms with E-state index in [1.54, 1.807) is 0 Å². The monoisotopic (exact) mass is 897 g/mol. The number of aryl methyl sites for hydroxylation is 2. The number of phosphoric acid groups is 1. The Kier molecular flexibility index (Phi) is 30.3. The van der Waals surface area contributed by atoms with E-state index in [1.807, 2.05) is 21.1 Å². The second kappa shape index (κ2) is 33.5. The first kappa shape index (κ1) is 56.1. The summed E-state index contributed by atoms with van der Waals surface area (Å²) in [5.41, 5.74) is 2.69. The lowest BCUT2D eigenvalue weighted by Gasteiger charge is -2.24. The molecule has 1 aromatic rings. The standard InChI is InChI=1S/C50H90NO10P/c1-8-10-26-32-45-42(3)43(4)46(60-45)33-28-22-18-14-12-13-15-21-25-31-37-50(53)59-44(41-58-62(54,55)57-39-38-51(5,6)7)40-56-49(52)36-30-24-20-17-16-19-23-29-35-48-47(61-48)34-27-11-9-2/h23,29,44,47-48H,8-22,24-28,30-41H2,1-7H3/p+1/b29-23-/t44-,47?,48?/m1/s1. The highest BCUT2D eigenvalue weighted by Gasteiger charge is 2.36. The van der Waals surface area contributed by atoms with Gasteiger partial charge in [-0.05, 0) is 76.3 Å². The molecule has 1 aromatic heterocycles. The Balaban J connectivity index is 1.59. The molecule has 0 aromatic carbocycles. The number of unbranched alkanes of at least 4 members (excludes halogenated alkanes) is 18. The molecule has 0 aliphatic carbocycles. The molecule has 0 amide bonds. The Morgan fingerprint density at radius 2 is 1.21 bits per heavy atom. The first-order chi connectivity index (χ1) is 29.7. The van der Waals surface area contributed by atoms with E-state index >= 15 is 0 Å². The van der Waals surface area contributed by atoms with Gasteiger partial charge in [-0.15, -0.1) is 0 Å². The molecule has 0 spiro atoms. The smallest absolute Gasteiger partial charge is 0.466 e. The van der Waals surface area contributed by atoms with Crippen molar-refractivity contribution in [3.05, 3.63) is 34.8 Å². The van der Waals surface area contributed by atoms with Crippen molar-refractivity contribution in [2.75, 3.05) is 47.5 Å². The normalized spacial score (nSPS) is 16.8.